The summed E-state index contributed by atoms with van der Waals surface area (Å²) in [6.07, 6.45) is 0. The molecule has 7 heteroatoms. The molecule has 0 aliphatic carbocycles. The number of nitrogen functional groups attached to an aromatic ring is 1. The predicted octanol–water partition coefficient (Wildman–Crippen LogP) is 0.644. The lowest BCUT2D eigenvalue weighted by atomic mass is 10.2. The number of aromatic nitrogens is 2. The molecule has 0 saturated heterocycles. The van der Waals surface area contributed by atoms with E-state index in [0.717, 1.165) is 4.57 Å². The van der Waals surface area contributed by atoms with Gasteiger partial charge in [-0.1, -0.05) is 18.2 Å². The average molecular weight is 251 g/mol. The van der Waals surface area contributed by atoms with Gasteiger partial charge in [0, 0.05) is 5.56 Å². The molecule has 0 saturated carbocycles. The summed E-state index contributed by atoms with van der Waals surface area (Å²) in [5, 5.41) is 8.95. The SMILES string of the molecule is Nc1[nH]c(=O)n(Cc2ccccc2F)c1C(=O)O. The van der Waals surface area contributed by atoms with E-state index in [1.165, 1.54) is 18.2 Å². The van der Waals surface area contributed by atoms with E-state index in [2.05, 4.69) is 4.98 Å². The normalized spacial score (nSPS) is 10.5. The summed E-state index contributed by atoms with van der Waals surface area (Å²) in [5.74, 6) is -2.11. The molecule has 6 nitrogen and oxygen atoms in total. The molecular formula is C11H10FN3O3. The molecule has 0 amide bonds. The van der Waals surface area contributed by atoms with Crippen molar-refractivity contribution >= 4 is 11.8 Å². The van der Waals surface area contributed by atoms with Gasteiger partial charge in [0.1, 0.15) is 11.6 Å². The van der Waals surface area contributed by atoms with Crippen molar-refractivity contribution in [2.45, 2.75) is 6.54 Å². The third kappa shape index (κ3) is 1.97. The molecule has 1 aromatic heterocycles. The van der Waals surface area contributed by atoms with Crippen molar-refractivity contribution < 1.29 is 14.3 Å². The summed E-state index contributed by atoms with van der Waals surface area (Å²) in [4.78, 5) is 24.7. The highest BCUT2D eigenvalue weighted by atomic mass is 19.1. The minimum atomic E-state index is -1.35. The third-order valence-corrected chi connectivity index (χ3v) is 2.50. The maximum absolute atomic E-state index is 13.4. The van der Waals surface area contributed by atoms with E-state index in [-0.39, 0.29) is 23.6 Å². The van der Waals surface area contributed by atoms with E-state index in [1.807, 2.05) is 0 Å². The number of rotatable bonds is 3. The van der Waals surface area contributed by atoms with Crippen molar-refractivity contribution in [3.8, 4) is 0 Å². The van der Waals surface area contributed by atoms with E-state index < -0.39 is 17.5 Å². The summed E-state index contributed by atoms with van der Waals surface area (Å²) in [7, 11) is 0. The number of anilines is 1. The van der Waals surface area contributed by atoms with Gasteiger partial charge in [0.2, 0.25) is 0 Å². The van der Waals surface area contributed by atoms with E-state index in [4.69, 9.17) is 10.8 Å². The Morgan fingerprint density at radius 2 is 2.11 bits per heavy atom. The number of aromatic carboxylic acids is 1. The lowest BCUT2D eigenvalue weighted by Crippen LogP contribution is -2.22. The van der Waals surface area contributed by atoms with Gasteiger partial charge in [-0.2, -0.15) is 0 Å². The Morgan fingerprint density at radius 1 is 1.44 bits per heavy atom. The molecule has 4 N–H and O–H groups in total. The molecule has 0 spiro atoms. The van der Waals surface area contributed by atoms with Gasteiger partial charge in [0.25, 0.3) is 0 Å². The second-order valence-electron chi connectivity index (χ2n) is 3.68. The van der Waals surface area contributed by atoms with Crippen molar-refractivity contribution in [2.75, 3.05) is 5.73 Å². The van der Waals surface area contributed by atoms with Crippen LogP contribution in [0.2, 0.25) is 0 Å². The standard InChI is InChI=1S/C11H10FN3O3/c12-7-4-2-1-3-6(7)5-15-8(10(16)17)9(13)14-11(15)18/h1-4H,5,13H2,(H,14,18)(H,16,17). The molecule has 1 heterocycles. The number of hydrogen-bond donors (Lipinski definition) is 3. The fourth-order valence-electron chi connectivity index (χ4n) is 1.67. The molecule has 0 bridgehead atoms. The zero-order chi connectivity index (χ0) is 13.3. The van der Waals surface area contributed by atoms with Crippen LogP contribution in [0.4, 0.5) is 10.2 Å². The average Bonchev–Trinajstić information content (AvgIpc) is 2.57. The fraction of sp³-hybridized carbons (Fsp3) is 0.0909. The smallest absolute Gasteiger partial charge is 0.356 e. The lowest BCUT2D eigenvalue weighted by molar-refractivity contribution is 0.0686. The number of H-pyrrole nitrogens is 1. The van der Waals surface area contributed by atoms with Gasteiger partial charge in [0.05, 0.1) is 6.54 Å². The van der Waals surface area contributed by atoms with Crippen LogP contribution in [-0.4, -0.2) is 20.6 Å². The molecule has 18 heavy (non-hydrogen) atoms. The minimum Gasteiger partial charge on any atom is -0.476 e. The summed E-state index contributed by atoms with van der Waals surface area (Å²) < 4.78 is 14.3. The Labute approximate surface area is 100 Å². The largest absolute Gasteiger partial charge is 0.476 e. The number of carboxylic acids is 1. The Bertz CT molecular complexity index is 660. The number of nitrogens with two attached hydrogens (primary N) is 1. The maximum atomic E-state index is 13.4. The van der Waals surface area contributed by atoms with Gasteiger partial charge >= 0.3 is 11.7 Å². The minimum absolute atomic E-state index is 0.194. The first-order chi connectivity index (χ1) is 8.50. The number of benzene rings is 1. The highest BCUT2D eigenvalue weighted by Crippen LogP contribution is 2.12. The monoisotopic (exact) mass is 251 g/mol. The zero-order valence-electron chi connectivity index (χ0n) is 9.18. The van der Waals surface area contributed by atoms with Crippen LogP contribution in [0, 0.1) is 5.82 Å². The van der Waals surface area contributed by atoms with Crippen LogP contribution < -0.4 is 11.4 Å². The molecule has 0 aliphatic rings. The van der Waals surface area contributed by atoms with Crippen molar-refractivity contribution in [1.29, 1.82) is 0 Å². The van der Waals surface area contributed by atoms with Crippen LogP contribution >= 0.6 is 0 Å². The first kappa shape index (κ1) is 11.9. The Hall–Kier alpha value is -2.57. The first-order valence-corrected chi connectivity index (χ1v) is 5.05. The van der Waals surface area contributed by atoms with Crippen LogP contribution in [-0.2, 0) is 6.54 Å². The highest BCUT2D eigenvalue weighted by Gasteiger charge is 2.19. The van der Waals surface area contributed by atoms with Gasteiger partial charge in [0.15, 0.2) is 5.69 Å². The molecular weight excluding hydrogens is 241 g/mol. The number of imidazole rings is 1. The molecule has 1 aromatic carbocycles. The Morgan fingerprint density at radius 3 is 2.72 bits per heavy atom. The number of hydrogen-bond acceptors (Lipinski definition) is 3. The van der Waals surface area contributed by atoms with Crippen molar-refractivity contribution in [3.05, 3.63) is 51.8 Å². The lowest BCUT2D eigenvalue weighted by Gasteiger charge is -2.05. The van der Waals surface area contributed by atoms with Crippen LogP contribution in [0.1, 0.15) is 16.1 Å². The third-order valence-electron chi connectivity index (χ3n) is 2.50. The van der Waals surface area contributed by atoms with Crippen molar-refractivity contribution in [1.82, 2.24) is 9.55 Å². The molecule has 2 aromatic rings. The number of carboxylic acid groups (broad SMARTS) is 1. The maximum Gasteiger partial charge on any atom is 0.356 e. The Kier molecular flexibility index (Phi) is 2.88. The van der Waals surface area contributed by atoms with E-state index in [9.17, 15) is 14.0 Å². The Balaban J connectivity index is 2.50. The molecule has 0 atom stereocenters. The van der Waals surface area contributed by atoms with E-state index >= 15 is 0 Å². The quantitative estimate of drug-likeness (QED) is 0.745. The zero-order valence-corrected chi connectivity index (χ0v) is 9.18. The fourth-order valence-corrected chi connectivity index (χ4v) is 1.67. The first-order valence-electron chi connectivity index (χ1n) is 5.05. The molecule has 0 fully saturated rings. The summed E-state index contributed by atoms with van der Waals surface area (Å²) in [6.45, 7) is -0.194. The van der Waals surface area contributed by atoms with Gasteiger partial charge in [-0.15, -0.1) is 0 Å². The second-order valence-corrected chi connectivity index (χ2v) is 3.68. The predicted molar refractivity (Wildman–Crippen MR) is 61.9 cm³/mol. The van der Waals surface area contributed by atoms with Gasteiger partial charge in [-0.05, 0) is 6.07 Å². The molecule has 0 aliphatic heterocycles. The van der Waals surface area contributed by atoms with Crippen molar-refractivity contribution in [3.63, 3.8) is 0 Å². The van der Waals surface area contributed by atoms with E-state index in [0.29, 0.717) is 0 Å². The number of halogens is 1. The number of nitrogens with one attached hydrogen (secondary N) is 1. The molecule has 0 radical (unpaired) electrons. The molecule has 2 rings (SSSR count). The van der Waals surface area contributed by atoms with Crippen LogP contribution in [0.15, 0.2) is 29.1 Å². The van der Waals surface area contributed by atoms with Crippen LogP contribution in [0.25, 0.3) is 0 Å². The number of nitrogens with zero attached hydrogens (tertiary/aromatic N) is 1. The van der Waals surface area contributed by atoms with Crippen molar-refractivity contribution in [2.24, 2.45) is 0 Å². The molecule has 94 valence electrons. The topological polar surface area (TPSA) is 101 Å². The van der Waals surface area contributed by atoms with Gasteiger partial charge in [-0.25, -0.2) is 14.0 Å². The van der Waals surface area contributed by atoms with Crippen LogP contribution in [0.3, 0.4) is 0 Å². The van der Waals surface area contributed by atoms with E-state index in [1.54, 1.807) is 6.07 Å². The summed E-state index contributed by atoms with van der Waals surface area (Å²) >= 11 is 0. The molecule has 0 unspecified atom stereocenters. The summed E-state index contributed by atoms with van der Waals surface area (Å²) in [6, 6.07) is 5.80. The number of aromatic amines is 1. The van der Waals surface area contributed by atoms with Gasteiger partial charge in [-0.3, -0.25) is 9.55 Å². The van der Waals surface area contributed by atoms with Gasteiger partial charge < -0.3 is 10.8 Å². The van der Waals surface area contributed by atoms with Crippen LogP contribution in [0.5, 0.6) is 0 Å². The summed E-state index contributed by atoms with van der Waals surface area (Å²) in [5.41, 5.74) is 4.53. The number of carbonyl (C=O) groups is 1. The second kappa shape index (κ2) is 4.36. The highest BCUT2D eigenvalue weighted by molar-refractivity contribution is 5.90.